The van der Waals surface area contributed by atoms with E-state index in [1.54, 1.807) is 12.6 Å². The van der Waals surface area contributed by atoms with Crippen LogP contribution in [0.1, 0.15) is 42.7 Å². The van der Waals surface area contributed by atoms with E-state index in [2.05, 4.69) is 54.6 Å². The molecule has 2 aromatic carbocycles. The lowest BCUT2D eigenvalue weighted by atomic mass is 9.78. The first-order chi connectivity index (χ1) is 11.8. The Morgan fingerprint density at radius 3 is 2.04 bits per heavy atom. The molecule has 2 heteroatoms. The van der Waals surface area contributed by atoms with E-state index >= 15 is 0 Å². The van der Waals surface area contributed by atoms with Crippen molar-refractivity contribution in [2.45, 2.75) is 38.2 Å². The Morgan fingerprint density at radius 2 is 1.50 bits per heavy atom. The second-order valence-corrected chi connectivity index (χ2v) is 6.93. The number of allylic oxidation sites excluding steroid dienone is 1. The van der Waals surface area contributed by atoms with Gasteiger partial charge in [0.1, 0.15) is 0 Å². The Balaban J connectivity index is 1.65. The molecular weight excluding hydrogens is 316 g/mol. The van der Waals surface area contributed by atoms with Crippen LogP contribution in [0, 0.1) is 5.92 Å². The van der Waals surface area contributed by atoms with E-state index in [1.165, 1.54) is 47.9 Å². The smallest absolute Gasteiger partial charge is 0.0713 e. The van der Waals surface area contributed by atoms with Crippen molar-refractivity contribution in [3.05, 3.63) is 71.3 Å². The fraction of sp³-hybridized carbons (Fsp3) is 0.364. The van der Waals surface area contributed by atoms with Crippen LogP contribution in [0.5, 0.6) is 0 Å². The molecule has 0 spiro atoms. The van der Waals surface area contributed by atoms with Crippen LogP contribution < -0.4 is 0 Å². The van der Waals surface area contributed by atoms with Crippen molar-refractivity contribution >= 4 is 11.6 Å². The lowest BCUT2D eigenvalue weighted by Gasteiger charge is -2.27. The first kappa shape index (κ1) is 17.3. The highest BCUT2D eigenvalue weighted by Crippen LogP contribution is 2.37. The SMILES string of the molecule is COCc1ccc(-c2ccc([C@H]3CC[C@H](/C=C/Cl)CC3)cc2)cc1. The van der Waals surface area contributed by atoms with Gasteiger partial charge in [0.25, 0.3) is 0 Å². The van der Waals surface area contributed by atoms with Gasteiger partial charge in [0.05, 0.1) is 6.61 Å². The molecule has 0 radical (unpaired) electrons. The third kappa shape index (κ3) is 4.28. The van der Waals surface area contributed by atoms with Crippen LogP contribution in [-0.4, -0.2) is 7.11 Å². The van der Waals surface area contributed by atoms with Crippen LogP contribution in [0.15, 0.2) is 60.1 Å². The predicted octanol–water partition coefficient (Wildman–Crippen LogP) is 6.53. The van der Waals surface area contributed by atoms with E-state index in [-0.39, 0.29) is 0 Å². The molecule has 0 bridgehead atoms. The lowest BCUT2D eigenvalue weighted by Crippen LogP contribution is -2.11. The van der Waals surface area contributed by atoms with Crippen molar-refractivity contribution in [1.82, 2.24) is 0 Å². The Morgan fingerprint density at radius 1 is 0.917 bits per heavy atom. The molecule has 0 N–H and O–H groups in total. The molecule has 1 aliphatic carbocycles. The highest BCUT2D eigenvalue weighted by Gasteiger charge is 2.20. The van der Waals surface area contributed by atoms with Crippen LogP contribution in [0.3, 0.4) is 0 Å². The fourth-order valence-electron chi connectivity index (χ4n) is 3.66. The molecule has 2 aromatic rings. The molecule has 3 rings (SSSR count). The van der Waals surface area contributed by atoms with Crippen LogP contribution >= 0.6 is 11.6 Å². The molecule has 0 atom stereocenters. The van der Waals surface area contributed by atoms with E-state index in [0.29, 0.717) is 18.4 Å². The summed E-state index contributed by atoms with van der Waals surface area (Å²) < 4.78 is 5.17. The molecule has 0 unspecified atom stereocenters. The summed E-state index contributed by atoms with van der Waals surface area (Å²) in [5.74, 6) is 1.37. The van der Waals surface area contributed by atoms with Gasteiger partial charge in [0.2, 0.25) is 0 Å². The van der Waals surface area contributed by atoms with Crippen LogP contribution in [-0.2, 0) is 11.3 Å². The standard InChI is InChI=1S/C22H25ClO/c1-24-16-18-4-8-20(9-5-18)22-12-10-21(11-13-22)19-6-2-17(3-7-19)14-15-23/h4-5,8-15,17,19H,2-3,6-7,16H2,1H3/b15-14+/t17-,19-. The number of ether oxygens (including phenoxy) is 1. The van der Waals surface area contributed by atoms with Crippen molar-refractivity contribution in [3.8, 4) is 11.1 Å². The molecular formula is C22H25ClO. The topological polar surface area (TPSA) is 9.23 Å². The maximum atomic E-state index is 5.70. The average Bonchev–Trinajstić information content (AvgIpc) is 2.64. The van der Waals surface area contributed by atoms with Gasteiger partial charge < -0.3 is 4.74 Å². The number of rotatable bonds is 5. The molecule has 0 amide bonds. The highest BCUT2D eigenvalue weighted by molar-refractivity contribution is 6.25. The number of hydrogen-bond donors (Lipinski definition) is 0. The summed E-state index contributed by atoms with van der Waals surface area (Å²) in [5.41, 5.74) is 6.90. The molecule has 1 nitrogen and oxygen atoms in total. The van der Waals surface area contributed by atoms with Crippen molar-refractivity contribution < 1.29 is 4.74 Å². The normalized spacial score (nSPS) is 21.2. The van der Waals surface area contributed by atoms with Crippen molar-refractivity contribution in [1.29, 1.82) is 0 Å². The maximum absolute atomic E-state index is 5.70. The number of hydrogen-bond acceptors (Lipinski definition) is 1. The van der Waals surface area contributed by atoms with Crippen LogP contribution in [0.2, 0.25) is 0 Å². The van der Waals surface area contributed by atoms with Gasteiger partial charge in [-0.15, -0.1) is 0 Å². The van der Waals surface area contributed by atoms with Crippen molar-refractivity contribution in [2.24, 2.45) is 5.92 Å². The van der Waals surface area contributed by atoms with Gasteiger partial charge in [-0.2, -0.15) is 0 Å². The zero-order valence-electron chi connectivity index (χ0n) is 14.2. The predicted molar refractivity (Wildman–Crippen MR) is 102 cm³/mol. The first-order valence-corrected chi connectivity index (χ1v) is 9.19. The van der Waals surface area contributed by atoms with E-state index in [0.717, 1.165) is 0 Å². The second-order valence-electron chi connectivity index (χ2n) is 6.68. The van der Waals surface area contributed by atoms with Crippen molar-refractivity contribution in [3.63, 3.8) is 0 Å². The monoisotopic (exact) mass is 340 g/mol. The fourth-order valence-corrected chi connectivity index (χ4v) is 3.86. The molecule has 0 saturated heterocycles. The van der Waals surface area contributed by atoms with Gasteiger partial charge in [0.15, 0.2) is 0 Å². The largest absolute Gasteiger partial charge is 0.380 e. The van der Waals surface area contributed by atoms with E-state index in [9.17, 15) is 0 Å². The van der Waals surface area contributed by atoms with Gasteiger partial charge >= 0.3 is 0 Å². The zero-order valence-corrected chi connectivity index (χ0v) is 15.0. The molecule has 126 valence electrons. The van der Waals surface area contributed by atoms with Crippen molar-refractivity contribution in [2.75, 3.05) is 7.11 Å². The summed E-state index contributed by atoms with van der Waals surface area (Å²) in [7, 11) is 1.73. The Labute approximate surface area is 150 Å². The maximum Gasteiger partial charge on any atom is 0.0713 e. The summed E-state index contributed by atoms with van der Waals surface area (Å²) in [6.45, 7) is 0.667. The highest BCUT2D eigenvalue weighted by atomic mass is 35.5. The molecule has 1 fully saturated rings. The van der Waals surface area contributed by atoms with Gasteiger partial charge in [0, 0.05) is 12.6 Å². The molecule has 1 saturated carbocycles. The molecule has 0 aliphatic heterocycles. The summed E-state index contributed by atoms with van der Waals surface area (Å²) in [5, 5.41) is 0. The quantitative estimate of drug-likeness (QED) is 0.601. The van der Waals surface area contributed by atoms with E-state index < -0.39 is 0 Å². The summed E-state index contributed by atoms with van der Waals surface area (Å²) in [6, 6.07) is 17.7. The third-order valence-electron chi connectivity index (χ3n) is 5.10. The Kier molecular flexibility index (Phi) is 6.12. The molecule has 24 heavy (non-hydrogen) atoms. The van der Waals surface area contributed by atoms with E-state index in [4.69, 9.17) is 16.3 Å². The molecule has 1 aliphatic rings. The van der Waals surface area contributed by atoms with Gasteiger partial charge in [-0.3, -0.25) is 0 Å². The number of methoxy groups -OCH3 is 1. The second kappa shape index (κ2) is 8.50. The lowest BCUT2D eigenvalue weighted by molar-refractivity contribution is 0.185. The van der Waals surface area contributed by atoms with Gasteiger partial charge in [-0.1, -0.05) is 66.2 Å². The minimum atomic E-state index is 0.667. The summed E-state index contributed by atoms with van der Waals surface area (Å²) in [4.78, 5) is 0. The number of benzene rings is 2. The Hall–Kier alpha value is -1.57. The van der Waals surface area contributed by atoms with Crippen LogP contribution in [0.4, 0.5) is 0 Å². The Bertz CT molecular complexity index is 649. The number of halogens is 1. The van der Waals surface area contributed by atoms with Gasteiger partial charge in [-0.25, -0.2) is 0 Å². The van der Waals surface area contributed by atoms with Gasteiger partial charge in [-0.05, 0) is 59.8 Å². The minimum Gasteiger partial charge on any atom is -0.380 e. The minimum absolute atomic E-state index is 0.667. The zero-order chi connectivity index (χ0) is 16.8. The van der Waals surface area contributed by atoms with E-state index in [1.807, 2.05) is 0 Å². The average molecular weight is 341 g/mol. The summed E-state index contributed by atoms with van der Waals surface area (Å²) in [6.07, 6.45) is 7.16. The molecule has 0 aromatic heterocycles. The summed E-state index contributed by atoms with van der Waals surface area (Å²) >= 11 is 5.70. The first-order valence-electron chi connectivity index (χ1n) is 8.75. The third-order valence-corrected chi connectivity index (χ3v) is 5.24. The molecule has 0 heterocycles. The van der Waals surface area contributed by atoms with Crippen LogP contribution in [0.25, 0.3) is 11.1 Å².